The summed E-state index contributed by atoms with van der Waals surface area (Å²) in [7, 11) is 0. The van der Waals surface area contributed by atoms with Crippen LogP contribution in [0.5, 0.6) is 5.75 Å². The third-order valence-corrected chi connectivity index (χ3v) is 7.86. The number of hydrogen-bond acceptors (Lipinski definition) is 8. The Morgan fingerprint density at radius 2 is 1.88 bits per heavy atom. The predicted molar refractivity (Wildman–Crippen MR) is 164 cm³/mol. The number of azide groups is 1. The number of rotatable bonds is 12. The highest BCUT2D eigenvalue weighted by Gasteiger charge is 2.54. The molecule has 5 rings (SSSR count). The van der Waals surface area contributed by atoms with E-state index in [0.717, 1.165) is 15.6 Å². The molecule has 2 N–H and O–H groups in total. The first-order valence-corrected chi connectivity index (χ1v) is 14.9. The summed E-state index contributed by atoms with van der Waals surface area (Å²) in [5.74, 6) is 0.665. The molecule has 0 aliphatic carbocycles. The van der Waals surface area contributed by atoms with E-state index in [0.29, 0.717) is 62.1 Å². The highest BCUT2D eigenvalue weighted by atomic mass is 79.9. The molecular weight excluding hydrogens is 616 g/mol. The lowest BCUT2D eigenvalue weighted by Gasteiger charge is -2.35. The number of benzene rings is 3. The summed E-state index contributed by atoms with van der Waals surface area (Å²) in [4.78, 5) is 22.5. The molecule has 1 saturated heterocycles. The van der Waals surface area contributed by atoms with Gasteiger partial charge in [0.25, 0.3) is 5.91 Å². The molecule has 0 spiro atoms. The minimum Gasteiger partial charge on any atom is -0.494 e. The first-order valence-electron chi connectivity index (χ1n) is 14.1. The molecule has 11 nitrogen and oxygen atoms in total. The third-order valence-electron chi connectivity index (χ3n) is 7.33. The van der Waals surface area contributed by atoms with Crippen molar-refractivity contribution in [3.8, 4) is 5.75 Å². The Balaban J connectivity index is 1.59. The van der Waals surface area contributed by atoms with Crippen molar-refractivity contribution in [1.29, 1.82) is 0 Å². The maximum Gasteiger partial charge on any atom is 0.266 e. The van der Waals surface area contributed by atoms with E-state index in [2.05, 4.69) is 31.4 Å². The number of halogens is 1. The second kappa shape index (κ2) is 14.5. The first kappa shape index (κ1) is 30.5. The third kappa shape index (κ3) is 7.35. The summed E-state index contributed by atoms with van der Waals surface area (Å²) in [6.45, 7) is 2.67. The smallest absolute Gasteiger partial charge is 0.266 e. The molecule has 2 aliphatic rings. The van der Waals surface area contributed by atoms with E-state index < -0.39 is 11.6 Å². The van der Waals surface area contributed by atoms with E-state index in [1.54, 1.807) is 0 Å². The first-order chi connectivity index (χ1) is 21.0. The minimum absolute atomic E-state index is 0.0538. The number of aliphatic hydroxyl groups excluding tert-OH is 1. The van der Waals surface area contributed by atoms with Crippen LogP contribution in [0.25, 0.3) is 10.4 Å². The molecular formula is C31H33BrN6O5. The van der Waals surface area contributed by atoms with Crippen molar-refractivity contribution in [3.63, 3.8) is 0 Å². The topological polar surface area (TPSA) is 141 Å². The molecule has 0 unspecified atom stereocenters. The van der Waals surface area contributed by atoms with Crippen LogP contribution in [0.1, 0.15) is 34.8 Å². The van der Waals surface area contributed by atoms with Gasteiger partial charge in [-0.15, -0.1) is 0 Å². The summed E-state index contributed by atoms with van der Waals surface area (Å²) >= 11 is 3.50. The van der Waals surface area contributed by atoms with Gasteiger partial charge in [-0.3, -0.25) is 10.2 Å². The fourth-order valence-corrected chi connectivity index (χ4v) is 5.39. The number of amides is 1. The molecule has 2 atom stereocenters. The number of hydrazine groups is 1. The van der Waals surface area contributed by atoms with Crippen LogP contribution < -0.4 is 10.2 Å². The Morgan fingerprint density at radius 1 is 1.14 bits per heavy atom. The number of hydrogen-bond donors (Lipinski definition) is 2. The van der Waals surface area contributed by atoms with Crippen molar-refractivity contribution in [1.82, 2.24) is 10.4 Å². The zero-order valence-corrected chi connectivity index (χ0v) is 25.1. The highest BCUT2D eigenvalue weighted by Crippen LogP contribution is 2.44. The second-order valence-electron chi connectivity index (χ2n) is 10.2. The lowest BCUT2D eigenvalue weighted by atomic mass is 9.80. The number of carbonyl (C=O) groups is 1. The van der Waals surface area contributed by atoms with Crippen LogP contribution in [0.2, 0.25) is 0 Å². The molecule has 224 valence electrons. The Morgan fingerprint density at radius 3 is 2.60 bits per heavy atom. The summed E-state index contributed by atoms with van der Waals surface area (Å²) in [6.07, 6.45) is -0.0356. The number of nitrogens with one attached hydrogen (secondary N) is 1. The molecule has 1 amide bonds. The maximum atomic E-state index is 14.5. The number of nitrogens with zero attached hydrogens (tertiary/aromatic N) is 5. The van der Waals surface area contributed by atoms with Crippen molar-refractivity contribution in [2.24, 2.45) is 10.1 Å². The molecule has 1 fully saturated rings. The molecule has 3 aromatic rings. The standard InChI is InChI=1S/C31H33BrN6O5/c32-25-10-6-22(7-11-25)20-31(30(40)36-38-14-18-41-19-15-38)28(27-5-2-1-4-24(27)21-34-37-33)43-29(35-31)23-8-12-26(13-9-23)42-17-3-16-39/h1-2,4-13,28,39H,3,14-21H2,(H,36,40)/t28-,31-/m0/s1. The van der Waals surface area contributed by atoms with Crippen LogP contribution in [-0.4, -0.2) is 67.0 Å². The van der Waals surface area contributed by atoms with Crippen LogP contribution in [0.15, 0.2) is 87.4 Å². The molecule has 43 heavy (non-hydrogen) atoms. The second-order valence-corrected chi connectivity index (χ2v) is 11.1. The zero-order chi connectivity index (χ0) is 30.1. The van der Waals surface area contributed by atoms with Crippen molar-refractivity contribution in [2.45, 2.75) is 31.0 Å². The van der Waals surface area contributed by atoms with Crippen LogP contribution >= 0.6 is 15.9 Å². The monoisotopic (exact) mass is 648 g/mol. The molecule has 12 heteroatoms. The van der Waals surface area contributed by atoms with E-state index in [1.165, 1.54) is 0 Å². The lowest BCUT2D eigenvalue weighted by Crippen LogP contribution is -2.57. The SMILES string of the molecule is [N-]=[N+]=NCc1ccccc1[C@@H]1OC(c2ccc(OCCCO)cc2)=N[C@]1(Cc1ccc(Br)cc1)C(=O)NN1CCOCC1. The van der Waals surface area contributed by atoms with Gasteiger partial charge < -0.3 is 19.3 Å². The summed E-state index contributed by atoms with van der Waals surface area (Å²) in [5, 5.41) is 14.7. The van der Waals surface area contributed by atoms with Gasteiger partial charge in [-0.25, -0.2) is 10.0 Å². The minimum atomic E-state index is -1.40. The molecule has 0 bridgehead atoms. The largest absolute Gasteiger partial charge is 0.494 e. The molecule has 0 saturated carbocycles. The Hall–Kier alpha value is -3.93. The van der Waals surface area contributed by atoms with Crippen LogP contribution in [0.3, 0.4) is 0 Å². The van der Waals surface area contributed by atoms with Crippen LogP contribution in [0, 0.1) is 0 Å². The molecule has 2 aliphatic heterocycles. The van der Waals surface area contributed by atoms with E-state index in [1.807, 2.05) is 77.8 Å². The van der Waals surface area contributed by atoms with Gasteiger partial charge in [0.2, 0.25) is 5.90 Å². The fourth-order valence-electron chi connectivity index (χ4n) is 5.13. The Labute approximate surface area is 258 Å². The highest BCUT2D eigenvalue weighted by molar-refractivity contribution is 9.10. The Bertz CT molecular complexity index is 1470. The van der Waals surface area contributed by atoms with Gasteiger partial charge in [-0.1, -0.05) is 57.4 Å². The van der Waals surface area contributed by atoms with Crippen molar-refractivity contribution >= 4 is 27.7 Å². The van der Waals surface area contributed by atoms with Gasteiger partial charge in [-0.2, -0.15) is 0 Å². The quantitative estimate of drug-likeness (QED) is 0.124. The fraction of sp³-hybridized carbons (Fsp3) is 0.355. The molecule has 0 radical (unpaired) electrons. The van der Waals surface area contributed by atoms with E-state index >= 15 is 0 Å². The van der Waals surface area contributed by atoms with Gasteiger partial charge in [-0.05, 0) is 58.6 Å². The van der Waals surface area contributed by atoms with E-state index in [9.17, 15) is 4.79 Å². The van der Waals surface area contributed by atoms with Crippen molar-refractivity contribution < 1.29 is 24.1 Å². The number of aliphatic imine (C=N–C) groups is 1. The number of carbonyl (C=O) groups excluding carboxylic acids is 1. The number of ether oxygens (including phenoxy) is 3. The average molecular weight is 650 g/mol. The van der Waals surface area contributed by atoms with E-state index in [4.69, 9.17) is 29.8 Å². The van der Waals surface area contributed by atoms with Crippen molar-refractivity contribution in [2.75, 3.05) is 39.5 Å². The summed E-state index contributed by atoms with van der Waals surface area (Å²) < 4.78 is 18.7. The van der Waals surface area contributed by atoms with Gasteiger partial charge in [0.05, 0.1) is 26.4 Å². The van der Waals surface area contributed by atoms with Gasteiger partial charge in [0.15, 0.2) is 11.6 Å². The van der Waals surface area contributed by atoms with Crippen molar-refractivity contribution in [3.05, 3.63) is 110 Å². The maximum absolute atomic E-state index is 14.5. The summed E-state index contributed by atoms with van der Waals surface area (Å²) in [5.41, 5.74) is 13.8. The normalized spacial score (nSPS) is 20.0. The van der Waals surface area contributed by atoms with E-state index in [-0.39, 0.29) is 25.5 Å². The molecule has 2 heterocycles. The molecule has 3 aromatic carbocycles. The molecule has 0 aromatic heterocycles. The lowest BCUT2D eigenvalue weighted by molar-refractivity contribution is -0.136. The Kier molecular flexibility index (Phi) is 10.3. The van der Waals surface area contributed by atoms with Crippen LogP contribution in [-0.2, 0) is 27.2 Å². The van der Waals surface area contributed by atoms with Gasteiger partial charge >= 0.3 is 0 Å². The average Bonchev–Trinajstić information content (AvgIpc) is 3.42. The summed E-state index contributed by atoms with van der Waals surface area (Å²) in [6, 6.07) is 22.6. The predicted octanol–water partition coefficient (Wildman–Crippen LogP) is 4.88. The van der Waals surface area contributed by atoms with Crippen LogP contribution in [0.4, 0.5) is 0 Å². The zero-order valence-electron chi connectivity index (χ0n) is 23.6. The number of morpholine rings is 1. The van der Waals surface area contributed by atoms with Gasteiger partial charge in [0, 0.05) is 47.5 Å². The van der Waals surface area contributed by atoms with Gasteiger partial charge in [0.1, 0.15) is 5.75 Å². The number of aliphatic hydroxyl groups is 1.